The van der Waals surface area contributed by atoms with Gasteiger partial charge in [0.25, 0.3) is 0 Å². The second kappa shape index (κ2) is 10.9. The average molecular weight is 469 g/mol. The molecule has 1 heterocycles. The summed E-state index contributed by atoms with van der Waals surface area (Å²) in [6, 6.07) is 27.9. The Kier molecular flexibility index (Phi) is 7.27. The summed E-state index contributed by atoms with van der Waals surface area (Å²) < 4.78 is 0. The lowest BCUT2D eigenvalue weighted by Crippen LogP contribution is -2.35. The number of benzene rings is 3. The molecule has 0 aliphatic rings. The van der Waals surface area contributed by atoms with Crippen LogP contribution in [-0.2, 0) is 4.79 Å². The highest BCUT2D eigenvalue weighted by Crippen LogP contribution is 2.31. The fourth-order valence-electron chi connectivity index (χ4n) is 3.76. The molecule has 3 N–H and O–H groups in total. The van der Waals surface area contributed by atoms with Crippen LogP contribution >= 0.6 is 0 Å². The number of amides is 1. The predicted octanol–water partition coefficient (Wildman–Crippen LogP) is 4.83. The number of hydrogen-bond donors (Lipinski definition) is 3. The Labute approximate surface area is 202 Å². The molecule has 3 aromatic carbocycles. The summed E-state index contributed by atoms with van der Waals surface area (Å²) in [5.41, 5.74) is 7.37. The van der Waals surface area contributed by atoms with E-state index in [0.29, 0.717) is 0 Å². The SMILES string of the molecule is CC(Nc1ncnc(NNC(=O)C(c2ccccc2)c2ccccc2)c1[N+](=O)[O-])c1ccccc1. The summed E-state index contributed by atoms with van der Waals surface area (Å²) in [5.74, 6) is -1.09. The van der Waals surface area contributed by atoms with E-state index in [1.165, 1.54) is 6.33 Å². The zero-order chi connectivity index (χ0) is 24.6. The molecule has 0 fully saturated rings. The van der Waals surface area contributed by atoms with E-state index in [4.69, 9.17) is 0 Å². The van der Waals surface area contributed by atoms with Crippen molar-refractivity contribution in [2.45, 2.75) is 18.9 Å². The topological polar surface area (TPSA) is 122 Å². The minimum Gasteiger partial charge on any atom is -0.358 e. The molecule has 9 nitrogen and oxygen atoms in total. The molecule has 1 aromatic heterocycles. The summed E-state index contributed by atoms with van der Waals surface area (Å²) in [6.07, 6.45) is 1.20. The fraction of sp³-hybridized carbons (Fsp3) is 0.115. The van der Waals surface area contributed by atoms with Crippen molar-refractivity contribution in [3.8, 4) is 0 Å². The molecule has 9 heteroatoms. The van der Waals surface area contributed by atoms with E-state index in [9.17, 15) is 14.9 Å². The first kappa shape index (κ1) is 23.4. The predicted molar refractivity (Wildman–Crippen MR) is 134 cm³/mol. The summed E-state index contributed by atoms with van der Waals surface area (Å²) in [5, 5.41) is 15.0. The number of nitro groups is 1. The van der Waals surface area contributed by atoms with E-state index < -0.39 is 10.8 Å². The first-order valence-corrected chi connectivity index (χ1v) is 11.0. The highest BCUT2D eigenvalue weighted by atomic mass is 16.6. The normalized spacial score (nSPS) is 11.5. The third-order valence-electron chi connectivity index (χ3n) is 5.49. The number of anilines is 2. The maximum atomic E-state index is 13.2. The standard InChI is InChI=1S/C26H24N6O3/c1-18(19-11-5-2-6-12-19)29-24-23(32(34)35)25(28-17-27-24)30-31-26(33)22(20-13-7-3-8-14-20)21-15-9-4-10-16-21/h2-18,22H,1H3,(H,31,33)(H2,27,28,29,30). The van der Waals surface area contributed by atoms with E-state index in [1.807, 2.05) is 97.9 Å². The molecule has 35 heavy (non-hydrogen) atoms. The Morgan fingerprint density at radius 2 is 1.29 bits per heavy atom. The molecule has 1 amide bonds. The third-order valence-corrected chi connectivity index (χ3v) is 5.49. The number of hydrazine groups is 1. The minimum absolute atomic E-state index is 0.0424. The van der Waals surface area contributed by atoms with Gasteiger partial charge in [0.2, 0.25) is 17.5 Å². The van der Waals surface area contributed by atoms with Gasteiger partial charge in [-0.2, -0.15) is 0 Å². The second-order valence-corrected chi connectivity index (χ2v) is 7.82. The molecule has 4 aromatic rings. The lowest BCUT2D eigenvalue weighted by Gasteiger charge is -2.19. The zero-order valence-electron chi connectivity index (χ0n) is 19.0. The van der Waals surface area contributed by atoms with Crippen molar-refractivity contribution >= 4 is 23.2 Å². The van der Waals surface area contributed by atoms with Gasteiger partial charge >= 0.3 is 5.69 Å². The average Bonchev–Trinajstić information content (AvgIpc) is 2.89. The van der Waals surface area contributed by atoms with Crippen LogP contribution in [0.3, 0.4) is 0 Å². The molecule has 0 aliphatic heterocycles. The number of aromatic nitrogens is 2. The van der Waals surface area contributed by atoms with Gasteiger partial charge in [-0.3, -0.25) is 25.8 Å². The maximum absolute atomic E-state index is 13.2. The van der Waals surface area contributed by atoms with Gasteiger partial charge < -0.3 is 5.32 Å². The van der Waals surface area contributed by atoms with Crippen molar-refractivity contribution < 1.29 is 9.72 Å². The van der Waals surface area contributed by atoms with Crippen molar-refractivity contribution in [1.29, 1.82) is 0 Å². The van der Waals surface area contributed by atoms with Crippen LogP contribution in [0, 0.1) is 10.1 Å². The van der Waals surface area contributed by atoms with Crippen molar-refractivity contribution in [3.63, 3.8) is 0 Å². The summed E-state index contributed by atoms with van der Waals surface area (Å²) in [6.45, 7) is 1.88. The van der Waals surface area contributed by atoms with Crippen LogP contribution in [0.2, 0.25) is 0 Å². The van der Waals surface area contributed by atoms with Crippen LogP contribution in [0.1, 0.15) is 35.6 Å². The summed E-state index contributed by atoms with van der Waals surface area (Å²) in [4.78, 5) is 32.6. The number of carbonyl (C=O) groups is 1. The molecule has 0 spiro atoms. The highest BCUT2D eigenvalue weighted by Gasteiger charge is 2.27. The lowest BCUT2D eigenvalue weighted by atomic mass is 9.91. The first-order valence-electron chi connectivity index (χ1n) is 11.0. The molecule has 1 unspecified atom stereocenters. The van der Waals surface area contributed by atoms with Gasteiger partial charge in [-0.1, -0.05) is 91.0 Å². The number of rotatable bonds is 9. The Hall–Kier alpha value is -4.79. The number of carbonyl (C=O) groups excluding carboxylic acids is 1. The van der Waals surface area contributed by atoms with Crippen molar-refractivity contribution in [1.82, 2.24) is 15.4 Å². The Balaban J connectivity index is 1.57. The van der Waals surface area contributed by atoms with Gasteiger partial charge in [0.1, 0.15) is 6.33 Å². The third kappa shape index (κ3) is 5.59. The van der Waals surface area contributed by atoms with Crippen molar-refractivity contribution in [2.75, 3.05) is 10.7 Å². The molecule has 0 saturated heterocycles. The first-order chi connectivity index (χ1) is 17.0. The molecular formula is C26H24N6O3. The maximum Gasteiger partial charge on any atom is 0.354 e. The Morgan fingerprint density at radius 1 is 0.800 bits per heavy atom. The van der Waals surface area contributed by atoms with Crippen LogP contribution in [0.4, 0.5) is 17.3 Å². The molecule has 4 rings (SSSR count). The smallest absolute Gasteiger partial charge is 0.354 e. The molecule has 0 saturated carbocycles. The minimum atomic E-state index is -0.624. The molecule has 0 aliphatic carbocycles. The molecule has 0 bridgehead atoms. The quantitative estimate of drug-likeness (QED) is 0.237. The van der Waals surface area contributed by atoms with Crippen LogP contribution in [0.25, 0.3) is 0 Å². The van der Waals surface area contributed by atoms with Gasteiger partial charge in [-0.15, -0.1) is 0 Å². The van der Waals surface area contributed by atoms with Gasteiger partial charge in [0.15, 0.2) is 0 Å². The summed E-state index contributed by atoms with van der Waals surface area (Å²) in [7, 11) is 0. The summed E-state index contributed by atoms with van der Waals surface area (Å²) >= 11 is 0. The fourth-order valence-corrected chi connectivity index (χ4v) is 3.76. The van der Waals surface area contributed by atoms with Crippen LogP contribution in [0.15, 0.2) is 97.3 Å². The monoisotopic (exact) mass is 468 g/mol. The van der Waals surface area contributed by atoms with Crippen LogP contribution < -0.4 is 16.2 Å². The Bertz CT molecular complexity index is 1250. The molecule has 0 radical (unpaired) electrons. The van der Waals surface area contributed by atoms with Crippen molar-refractivity contribution in [2.24, 2.45) is 0 Å². The van der Waals surface area contributed by atoms with Gasteiger partial charge in [0.05, 0.1) is 16.9 Å². The number of nitrogens with zero attached hydrogens (tertiary/aromatic N) is 3. The van der Waals surface area contributed by atoms with E-state index in [2.05, 4.69) is 26.1 Å². The van der Waals surface area contributed by atoms with E-state index in [0.717, 1.165) is 16.7 Å². The van der Waals surface area contributed by atoms with Gasteiger partial charge in [-0.25, -0.2) is 9.97 Å². The second-order valence-electron chi connectivity index (χ2n) is 7.82. The number of hydrogen-bond acceptors (Lipinski definition) is 7. The van der Waals surface area contributed by atoms with Crippen LogP contribution in [-0.4, -0.2) is 20.8 Å². The largest absolute Gasteiger partial charge is 0.358 e. The van der Waals surface area contributed by atoms with Gasteiger partial charge in [-0.05, 0) is 23.6 Å². The lowest BCUT2D eigenvalue weighted by molar-refractivity contribution is -0.383. The van der Waals surface area contributed by atoms with E-state index in [-0.39, 0.29) is 29.3 Å². The number of nitrogens with one attached hydrogen (secondary N) is 3. The van der Waals surface area contributed by atoms with Gasteiger partial charge in [0, 0.05) is 0 Å². The van der Waals surface area contributed by atoms with Crippen LogP contribution in [0.5, 0.6) is 0 Å². The van der Waals surface area contributed by atoms with E-state index >= 15 is 0 Å². The molecule has 176 valence electrons. The molecular weight excluding hydrogens is 444 g/mol. The van der Waals surface area contributed by atoms with Crippen molar-refractivity contribution in [3.05, 3.63) is 124 Å². The molecule has 1 atom stereocenters. The highest BCUT2D eigenvalue weighted by molar-refractivity contribution is 5.88. The Morgan fingerprint density at radius 3 is 1.80 bits per heavy atom. The zero-order valence-corrected chi connectivity index (χ0v) is 19.0. The van der Waals surface area contributed by atoms with E-state index in [1.54, 1.807) is 0 Å².